The minimum Gasteiger partial charge on any atom is -0.503 e. The standard InChI is InChI=1S/C20H16F3NO4/c1-9(20(27)28-3)15-10(2)24(19(26)11-5-4-6-12(21)7-11)14-8-13(22)18(25)17(23)16(14)15/h4-9,25H,1-3H3. The third-order valence-corrected chi connectivity index (χ3v) is 4.67. The van der Waals surface area contributed by atoms with E-state index in [0.29, 0.717) is 0 Å². The lowest BCUT2D eigenvalue weighted by molar-refractivity contribution is -0.141. The number of esters is 1. The molecular weight excluding hydrogens is 375 g/mol. The van der Waals surface area contributed by atoms with Crippen LogP contribution in [0.5, 0.6) is 5.75 Å². The quantitative estimate of drug-likeness (QED) is 0.685. The highest BCUT2D eigenvalue weighted by molar-refractivity contribution is 6.05. The number of halogens is 3. The zero-order chi connectivity index (χ0) is 20.7. The molecule has 146 valence electrons. The van der Waals surface area contributed by atoms with Crippen LogP contribution in [0.2, 0.25) is 0 Å². The highest BCUT2D eigenvalue weighted by Gasteiger charge is 2.31. The zero-order valence-corrected chi connectivity index (χ0v) is 15.2. The Morgan fingerprint density at radius 2 is 1.86 bits per heavy atom. The van der Waals surface area contributed by atoms with E-state index in [1.165, 1.54) is 26.0 Å². The summed E-state index contributed by atoms with van der Waals surface area (Å²) in [6, 6.07) is 5.62. The van der Waals surface area contributed by atoms with Gasteiger partial charge in [0.05, 0.1) is 18.5 Å². The molecule has 0 saturated heterocycles. The predicted molar refractivity (Wildman–Crippen MR) is 94.8 cm³/mol. The van der Waals surface area contributed by atoms with Crippen molar-refractivity contribution in [3.05, 3.63) is 64.6 Å². The molecule has 8 heteroatoms. The molecule has 3 rings (SSSR count). The molecule has 28 heavy (non-hydrogen) atoms. The fourth-order valence-corrected chi connectivity index (χ4v) is 3.35. The summed E-state index contributed by atoms with van der Waals surface area (Å²) in [5.74, 6) is -6.89. The predicted octanol–water partition coefficient (Wildman–Crippen LogP) is 4.04. The molecule has 0 aliphatic rings. The Morgan fingerprint density at radius 3 is 2.46 bits per heavy atom. The molecule has 1 N–H and O–H groups in total. The van der Waals surface area contributed by atoms with E-state index < -0.39 is 41.0 Å². The maximum atomic E-state index is 14.7. The second kappa shape index (κ2) is 7.03. The second-order valence-electron chi connectivity index (χ2n) is 6.31. The molecule has 2 aromatic carbocycles. The first-order chi connectivity index (χ1) is 13.2. The van der Waals surface area contributed by atoms with Gasteiger partial charge in [0.1, 0.15) is 5.82 Å². The molecule has 0 spiro atoms. The number of aromatic hydroxyl groups is 1. The van der Waals surface area contributed by atoms with Crippen LogP contribution >= 0.6 is 0 Å². The monoisotopic (exact) mass is 391 g/mol. The molecule has 0 saturated carbocycles. The number of benzene rings is 2. The summed E-state index contributed by atoms with van der Waals surface area (Å²) >= 11 is 0. The molecule has 3 aromatic rings. The van der Waals surface area contributed by atoms with E-state index in [1.807, 2.05) is 0 Å². The van der Waals surface area contributed by atoms with E-state index in [1.54, 1.807) is 0 Å². The van der Waals surface area contributed by atoms with Gasteiger partial charge < -0.3 is 9.84 Å². The van der Waals surface area contributed by atoms with Crippen molar-refractivity contribution < 1.29 is 32.6 Å². The number of carbonyl (C=O) groups is 2. The van der Waals surface area contributed by atoms with E-state index in [9.17, 15) is 27.9 Å². The van der Waals surface area contributed by atoms with Gasteiger partial charge in [-0.05, 0) is 37.6 Å². The van der Waals surface area contributed by atoms with Crippen LogP contribution in [-0.2, 0) is 9.53 Å². The van der Waals surface area contributed by atoms with Gasteiger partial charge in [0.15, 0.2) is 17.4 Å². The number of carbonyl (C=O) groups excluding carboxylic acids is 2. The summed E-state index contributed by atoms with van der Waals surface area (Å²) in [7, 11) is 1.15. The smallest absolute Gasteiger partial charge is 0.312 e. The van der Waals surface area contributed by atoms with Crippen LogP contribution in [0.15, 0.2) is 30.3 Å². The van der Waals surface area contributed by atoms with Crippen molar-refractivity contribution in [3.63, 3.8) is 0 Å². The Balaban J connectivity index is 2.39. The minimum absolute atomic E-state index is 0.0498. The van der Waals surface area contributed by atoms with Crippen LogP contribution in [0.1, 0.15) is 34.5 Å². The molecule has 1 aromatic heterocycles. The number of hydrogen-bond acceptors (Lipinski definition) is 4. The molecule has 0 aliphatic heterocycles. The average molecular weight is 391 g/mol. The first kappa shape index (κ1) is 19.5. The van der Waals surface area contributed by atoms with Crippen LogP contribution in [-0.4, -0.2) is 28.7 Å². The summed E-state index contributed by atoms with van der Waals surface area (Å²) < 4.78 is 48.0. The van der Waals surface area contributed by atoms with Gasteiger partial charge in [0.25, 0.3) is 5.91 Å². The van der Waals surface area contributed by atoms with Crippen LogP contribution in [0.3, 0.4) is 0 Å². The molecule has 0 bridgehead atoms. The maximum Gasteiger partial charge on any atom is 0.312 e. The van der Waals surface area contributed by atoms with Crippen LogP contribution < -0.4 is 0 Å². The molecule has 0 aliphatic carbocycles. The lowest BCUT2D eigenvalue weighted by atomic mass is 9.97. The Labute approximate surface area is 158 Å². The number of nitrogens with zero attached hydrogens (tertiary/aromatic N) is 1. The number of rotatable bonds is 3. The average Bonchev–Trinajstić information content (AvgIpc) is 2.96. The molecule has 0 amide bonds. The zero-order valence-electron chi connectivity index (χ0n) is 15.2. The molecule has 0 radical (unpaired) electrons. The Morgan fingerprint density at radius 1 is 1.18 bits per heavy atom. The van der Waals surface area contributed by atoms with Crippen LogP contribution in [0.4, 0.5) is 13.2 Å². The SMILES string of the molecule is COC(=O)C(C)c1c(C)n(C(=O)c2cccc(F)c2)c2cc(F)c(O)c(F)c12. The number of phenols is 1. The van der Waals surface area contributed by atoms with Gasteiger partial charge in [-0.1, -0.05) is 6.07 Å². The summed E-state index contributed by atoms with van der Waals surface area (Å²) in [5, 5.41) is 9.41. The van der Waals surface area contributed by atoms with Gasteiger partial charge in [-0.2, -0.15) is 0 Å². The first-order valence-corrected chi connectivity index (χ1v) is 8.29. The van der Waals surface area contributed by atoms with E-state index in [-0.39, 0.29) is 27.7 Å². The second-order valence-corrected chi connectivity index (χ2v) is 6.31. The molecule has 5 nitrogen and oxygen atoms in total. The normalized spacial score (nSPS) is 12.2. The molecule has 1 atom stereocenters. The van der Waals surface area contributed by atoms with Crippen molar-refractivity contribution in [3.8, 4) is 5.75 Å². The lowest BCUT2D eigenvalue weighted by Gasteiger charge is -2.11. The van der Waals surface area contributed by atoms with E-state index in [2.05, 4.69) is 0 Å². The fourth-order valence-electron chi connectivity index (χ4n) is 3.35. The van der Waals surface area contributed by atoms with Crippen molar-refractivity contribution >= 4 is 22.8 Å². The highest BCUT2D eigenvalue weighted by Crippen LogP contribution is 2.38. The van der Waals surface area contributed by atoms with E-state index in [0.717, 1.165) is 29.9 Å². The van der Waals surface area contributed by atoms with Crippen molar-refractivity contribution in [2.24, 2.45) is 0 Å². The van der Waals surface area contributed by atoms with Gasteiger partial charge in [0, 0.05) is 22.7 Å². The van der Waals surface area contributed by atoms with Crippen LogP contribution in [0, 0.1) is 24.4 Å². The van der Waals surface area contributed by atoms with Crippen molar-refractivity contribution in [1.82, 2.24) is 4.57 Å². The number of ether oxygens (including phenoxy) is 1. The lowest BCUT2D eigenvalue weighted by Crippen LogP contribution is -2.16. The Hall–Kier alpha value is -3.29. The third kappa shape index (κ3) is 2.90. The van der Waals surface area contributed by atoms with Crippen molar-refractivity contribution in [1.29, 1.82) is 0 Å². The fraction of sp³-hybridized carbons (Fsp3) is 0.200. The Bertz CT molecular complexity index is 1120. The number of hydrogen-bond donors (Lipinski definition) is 1. The van der Waals surface area contributed by atoms with E-state index >= 15 is 0 Å². The summed E-state index contributed by atoms with van der Waals surface area (Å²) in [6.45, 7) is 2.88. The first-order valence-electron chi connectivity index (χ1n) is 8.29. The number of methoxy groups -OCH3 is 1. The van der Waals surface area contributed by atoms with E-state index in [4.69, 9.17) is 4.74 Å². The maximum absolute atomic E-state index is 14.7. The molecule has 1 heterocycles. The summed E-state index contributed by atoms with van der Waals surface area (Å²) in [6.07, 6.45) is 0. The number of fused-ring (bicyclic) bond motifs is 1. The summed E-state index contributed by atoms with van der Waals surface area (Å²) in [5.41, 5.74) is -0.0260. The summed E-state index contributed by atoms with van der Waals surface area (Å²) in [4.78, 5) is 25.0. The van der Waals surface area contributed by atoms with Gasteiger partial charge in [-0.25, -0.2) is 13.2 Å². The van der Waals surface area contributed by atoms with Gasteiger partial charge in [0.2, 0.25) is 0 Å². The molecule has 0 fully saturated rings. The minimum atomic E-state index is -1.30. The highest BCUT2D eigenvalue weighted by atomic mass is 19.1. The molecule has 1 unspecified atom stereocenters. The van der Waals surface area contributed by atoms with Gasteiger partial charge in [-0.3, -0.25) is 14.2 Å². The topological polar surface area (TPSA) is 68.5 Å². The Kier molecular flexibility index (Phi) is 4.89. The third-order valence-electron chi connectivity index (χ3n) is 4.67. The van der Waals surface area contributed by atoms with Gasteiger partial charge in [-0.15, -0.1) is 0 Å². The molecular formula is C20H16F3NO4. The van der Waals surface area contributed by atoms with Crippen molar-refractivity contribution in [2.45, 2.75) is 19.8 Å². The van der Waals surface area contributed by atoms with Crippen LogP contribution in [0.25, 0.3) is 10.9 Å². The van der Waals surface area contributed by atoms with Gasteiger partial charge >= 0.3 is 5.97 Å². The van der Waals surface area contributed by atoms with Crippen molar-refractivity contribution in [2.75, 3.05) is 7.11 Å². The number of phenolic OH excluding ortho intramolecular Hbond substituents is 1. The number of aromatic nitrogens is 1. The largest absolute Gasteiger partial charge is 0.503 e.